The third-order valence-corrected chi connectivity index (χ3v) is 6.56. The number of hydrogen-bond donors (Lipinski definition) is 1. The van der Waals surface area contributed by atoms with Gasteiger partial charge < -0.3 is 14.7 Å². The molecule has 1 aliphatic rings. The van der Waals surface area contributed by atoms with Crippen LogP contribution in [0.4, 0.5) is 0 Å². The van der Waals surface area contributed by atoms with Gasteiger partial charge in [-0.2, -0.15) is 5.26 Å². The molecule has 2 aromatic carbocycles. The van der Waals surface area contributed by atoms with E-state index in [0.717, 1.165) is 42.8 Å². The van der Waals surface area contributed by atoms with E-state index in [2.05, 4.69) is 29.2 Å². The zero-order valence-electron chi connectivity index (χ0n) is 16.3. The predicted octanol–water partition coefficient (Wildman–Crippen LogP) is 3.98. The quantitative estimate of drug-likeness (QED) is 0.641. The maximum atomic E-state index is 10.4. The van der Waals surface area contributed by atoms with Crippen LogP contribution in [0.5, 0.6) is 5.75 Å². The summed E-state index contributed by atoms with van der Waals surface area (Å²) in [5, 5.41) is 20.3. The number of nitriles is 1. The molecule has 1 aromatic heterocycles. The molecule has 0 saturated carbocycles. The first-order valence-corrected chi connectivity index (χ1v) is 10.9. The Morgan fingerprint density at radius 1 is 1.17 bits per heavy atom. The van der Waals surface area contributed by atoms with Gasteiger partial charge >= 0.3 is 0 Å². The van der Waals surface area contributed by atoms with Crippen molar-refractivity contribution in [2.24, 2.45) is 0 Å². The molecule has 0 spiro atoms. The van der Waals surface area contributed by atoms with Crippen molar-refractivity contribution in [3.05, 3.63) is 59.1 Å². The van der Waals surface area contributed by atoms with Crippen LogP contribution in [0.25, 0.3) is 10.2 Å². The molecule has 3 aromatic rings. The number of benzene rings is 2. The van der Waals surface area contributed by atoms with Gasteiger partial charge in [-0.3, -0.25) is 0 Å². The minimum absolute atomic E-state index is 0.273. The first kappa shape index (κ1) is 19.8. The van der Waals surface area contributed by atoms with Crippen LogP contribution in [-0.4, -0.2) is 47.3 Å². The first-order chi connectivity index (χ1) is 14.2. The minimum atomic E-state index is -0.521. The van der Waals surface area contributed by atoms with Crippen molar-refractivity contribution in [2.45, 2.75) is 31.3 Å². The highest BCUT2D eigenvalue weighted by Gasteiger charge is 2.24. The predicted molar refractivity (Wildman–Crippen MR) is 115 cm³/mol. The topological polar surface area (TPSA) is 69.4 Å². The van der Waals surface area contributed by atoms with Crippen molar-refractivity contribution in [1.82, 2.24) is 9.88 Å². The van der Waals surface area contributed by atoms with Gasteiger partial charge in [-0.1, -0.05) is 24.3 Å². The number of piperidine rings is 1. The van der Waals surface area contributed by atoms with E-state index in [1.165, 1.54) is 9.71 Å². The summed E-state index contributed by atoms with van der Waals surface area (Å²) in [4.78, 5) is 7.13. The van der Waals surface area contributed by atoms with Crippen molar-refractivity contribution < 1.29 is 9.84 Å². The maximum absolute atomic E-state index is 10.4. The van der Waals surface area contributed by atoms with Gasteiger partial charge in [0, 0.05) is 12.5 Å². The largest absolute Gasteiger partial charge is 0.491 e. The van der Waals surface area contributed by atoms with Crippen LogP contribution in [0.3, 0.4) is 0 Å². The fourth-order valence-electron chi connectivity index (χ4n) is 3.77. The number of aliphatic hydroxyl groups is 1. The van der Waals surface area contributed by atoms with Crippen LogP contribution in [0.1, 0.15) is 29.3 Å². The van der Waals surface area contributed by atoms with E-state index in [9.17, 15) is 5.11 Å². The van der Waals surface area contributed by atoms with Gasteiger partial charge in [-0.15, -0.1) is 11.3 Å². The van der Waals surface area contributed by atoms with Gasteiger partial charge in [0.1, 0.15) is 18.5 Å². The molecule has 1 saturated heterocycles. The number of nitrogens with zero attached hydrogens (tertiary/aromatic N) is 3. The zero-order valence-corrected chi connectivity index (χ0v) is 17.1. The number of β-amino-alcohol motifs (C(OH)–C–C–N with tert-alkyl or cyclic N) is 1. The second-order valence-electron chi connectivity index (χ2n) is 7.54. The molecular weight excluding hydrogens is 382 g/mol. The lowest BCUT2D eigenvalue weighted by Gasteiger charge is -2.32. The Labute approximate surface area is 175 Å². The summed E-state index contributed by atoms with van der Waals surface area (Å²) in [6.07, 6.45) is 2.03. The lowest BCUT2D eigenvalue weighted by molar-refractivity contribution is 0.0594. The Balaban J connectivity index is 1.22. The van der Waals surface area contributed by atoms with Crippen LogP contribution in [0.15, 0.2) is 48.5 Å². The van der Waals surface area contributed by atoms with Crippen LogP contribution in [-0.2, 0) is 6.42 Å². The molecule has 5 nitrogen and oxygen atoms in total. The molecule has 1 atom stereocenters. The van der Waals surface area contributed by atoms with Gasteiger partial charge in [-0.25, -0.2) is 4.98 Å². The average Bonchev–Trinajstić information content (AvgIpc) is 3.18. The SMILES string of the molecule is N#CCc1ccc(OC[C@@H](O)CN2CCC(c3nc4ccccc4s3)CC2)cc1. The summed E-state index contributed by atoms with van der Waals surface area (Å²) in [6, 6.07) is 17.9. The van der Waals surface area contributed by atoms with E-state index in [1.807, 2.05) is 41.7 Å². The molecule has 0 amide bonds. The van der Waals surface area contributed by atoms with Crippen molar-refractivity contribution in [2.75, 3.05) is 26.2 Å². The molecule has 4 rings (SSSR count). The van der Waals surface area contributed by atoms with Crippen molar-refractivity contribution in [3.8, 4) is 11.8 Å². The number of ether oxygens (including phenoxy) is 1. The third kappa shape index (κ3) is 5.13. The fourth-order valence-corrected chi connectivity index (χ4v) is 4.90. The first-order valence-electron chi connectivity index (χ1n) is 10.1. The normalized spacial score (nSPS) is 16.6. The summed E-state index contributed by atoms with van der Waals surface area (Å²) in [6.45, 7) is 2.84. The van der Waals surface area contributed by atoms with Gasteiger partial charge in [0.2, 0.25) is 0 Å². The second-order valence-corrected chi connectivity index (χ2v) is 8.60. The summed E-state index contributed by atoms with van der Waals surface area (Å²) >= 11 is 1.81. The van der Waals surface area contributed by atoms with Crippen LogP contribution >= 0.6 is 11.3 Å². The Morgan fingerprint density at radius 2 is 1.93 bits per heavy atom. The van der Waals surface area contributed by atoms with E-state index in [0.29, 0.717) is 18.9 Å². The van der Waals surface area contributed by atoms with E-state index in [1.54, 1.807) is 0 Å². The van der Waals surface area contributed by atoms with Crippen LogP contribution < -0.4 is 4.74 Å². The summed E-state index contributed by atoms with van der Waals surface area (Å²) < 4.78 is 6.96. The molecule has 0 unspecified atom stereocenters. The Morgan fingerprint density at radius 3 is 2.66 bits per heavy atom. The Hall–Kier alpha value is -2.46. The summed E-state index contributed by atoms with van der Waals surface area (Å²) in [5.41, 5.74) is 2.07. The number of thiazole rings is 1. The standard InChI is InChI=1S/C23H25N3O2S/c24-12-9-17-5-7-20(8-6-17)28-16-19(27)15-26-13-10-18(11-14-26)23-25-21-3-1-2-4-22(21)29-23/h1-8,18-19,27H,9-11,13-16H2/t19-/m0/s1. The Kier molecular flexibility index (Phi) is 6.40. The number of para-hydroxylation sites is 1. The zero-order chi connectivity index (χ0) is 20.1. The van der Waals surface area contributed by atoms with Crippen molar-refractivity contribution >= 4 is 21.6 Å². The number of aliphatic hydroxyl groups excluding tert-OH is 1. The average molecular weight is 408 g/mol. The monoisotopic (exact) mass is 407 g/mol. The molecule has 1 fully saturated rings. The molecule has 0 radical (unpaired) electrons. The molecule has 0 aliphatic carbocycles. The fraction of sp³-hybridized carbons (Fsp3) is 0.391. The molecule has 29 heavy (non-hydrogen) atoms. The number of rotatable bonds is 7. The molecule has 150 valence electrons. The van der Waals surface area contributed by atoms with Gasteiger partial charge in [0.05, 0.1) is 27.7 Å². The van der Waals surface area contributed by atoms with E-state index in [-0.39, 0.29) is 6.61 Å². The number of aromatic nitrogens is 1. The second kappa shape index (κ2) is 9.36. The molecule has 1 aliphatic heterocycles. The van der Waals surface area contributed by atoms with Crippen LogP contribution in [0, 0.1) is 11.3 Å². The smallest absolute Gasteiger partial charge is 0.119 e. The van der Waals surface area contributed by atoms with Crippen molar-refractivity contribution in [1.29, 1.82) is 5.26 Å². The van der Waals surface area contributed by atoms with Crippen LogP contribution in [0.2, 0.25) is 0 Å². The highest BCUT2D eigenvalue weighted by molar-refractivity contribution is 7.18. The van der Waals surface area contributed by atoms with Gasteiger partial charge in [-0.05, 0) is 55.8 Å². The number of fused-ring (bicyclic) bond motifs is 1. The Bertz CT molecular complexity index is 939. The minimum Gasteiger partial charge on any atom is -0.491 e. The molecule has 2 heterocycles. The summed E-state index contributed by atoms with van der Waals surface area (Å²) in [7, 11) is 0. The summed E-state index contributed by atoms with van der Waals surface area (Å²) in [5.74, 6) is 1.24. The molecule has 6 heteroatoms. The lowest BCUT2D eigenvalue weighted by Crippen LogP contribution is -2.40. The third-order valence-electron chi connectivity index (χ3n) is 5.37. The van der Waals surface area contributed by atoms with Gasteiger partial charge in [0.15, 0.2) is 0 Å². The molecule has 1 N–H and O–H groups in total. The van der Waals surface area contributed by atoms with Crippen molar-refractivity contribution in [3.63, 3.8) is 0 Å². The highest BCUT2D eigenvalue weighted by Crippen LogP contribution is 2.33. The number of hydrogen-bond acceptors (Lipinski definition) is 6. The molecular formula is C23H25N3O2S. The highest BCUT2D eigenvalue weighted by atomic mass is 32.1. The number of likely N-dealkylation sites (tertiary alicyclic amines) is 1. The maximum Gasteiger partial charge on any atom is 0.119 e. The van der Waals surface area contributed by atoms with E-state index < -0.39 is 6.10 Å². The lowest BCUT2D eigenvalue weighted by atomic mass is 9.97. The van der Waals surface area contributed by atoms with Gasteiger partial charge in [0.25, 0.3) is 0 Å². The van der Waals surface area contributed by atoms with E-state index >= 15 is 0 Å². The van der Waals surface area contributed by atoms with E-state index in [4.69, 9.17) is 15.0 Å². The molecule has 0 bridgehead atoms.